The van der Waals surface area contributed by atoms with Crippen molar-refractivity contribution in [3.63, 3.8) is 0 Å². The average Bonchev–Trinajstić information content (AvgIpc) is 3.03. The summed E-state index contributed by atoms with van der Waals surface area (Å²) in [6, 6.07) is 2.00. The van der Waals surface area contributed by atoms with Crippen LogP contribution in [0.1, 0.15) is 55.8 Å². The van der Waals surface area contributed by atoms with Crippen LogP contribution in [0.2, 0.25) is 10.0 Å². The van der Waals surface area contributed by atoms with Gasteiger partial charge in [0.25, 0.3) is 0 Å². The topological polar surface area (TPSA) is 59.0 Å². The lowest BCUT2D eigenvalue weighted by Crippen LogP contribution is -2.39. The molecule has 2 unspecified atom stereocenters. The summed E-state index contributed by atoms with van der Waals surface area (Å²) in [6.45, 7) is 2.54. The number of likely N-dealkylation sites (tertiary alicyclic amines) is 1. The van der Waals surface area contributed by atoms with E-state index in [1.165, 1.54) is 13.5 Å². The Kier molecular flexibility index (Phi) is 6.90. The van der Waals surface area contributed by atoms with Crippen LogP contribution in [0.15, 0.2) is 6.07 Å². The van der Waals surface area contributed by atoms with E-state index in [1.807, 2.05) is 11.8 Å². The fourth-order valence-corrected chi connectivity index (χ4v) is 5.11. The number of halogens is 2. The summed E-state index contributed by atoms with van der Waals surface area (Å²) < 4.78 is 10.5. The minimum Gasteiger partial charge on any atom is -0.466 e. The normalized spacial score (nSPS) is 22.3. The molecule has 1 amide bonds. The number of aryl methyl sites for hydroxylation is 1. The summed E-state index contributed by atoms with van der Waals surface area (Å²) in [5.74, 6) is -0.104. The summed E-state index contributed by atoms with van der Waals surface area (Å²) in [7, 11) is 1.52. The van der Waals surface area contributed by atoms with Crippen molar-refractivity contribution < 1.29 is 19.4 Å². The number of rotatable bonds is 6. The van der Waals surface area contributed by atoms with Crippen LogP contribution in [0.3, 0.4) is 0 Å². The van der Waals surface area contributed by atoms with Crippen LogP contribution in [0.4, 0.5) is 0 Å². The summed E-state index contributed by atoms with van der Waals surface area (Å²) in [5, 5.41) is 11.6. The van der Waals surface area contributed by atoms with Gasteiger partial charge in [-0.2, -0.15) is 0 Å². The van der Waals surface area contributed by atoms with Crippen molar-refractivity contribution in [2.24, 2.45) is 5.92 Å². The molecule has 27 heavy (non-hydrogen) atoms. The number of aliphatic hydroxyl groups is 1. The molecule has 1 saturated heterocycles. The third kappa shape index (κ3) is 4.21. The molecule has 2 aliphatic rings. The number of methoxy groups -OCH3 is 1. The van der Waals surface area contributed by atoms with Crippen LogP contribution < -0.4 is 4.74 Å². The fourth-order valence-electron chi connectivity index (χ4n) is 4.27. The van der Waals surface area contributed by atoms with Crippen LogP contribution in [0.25, 0.3) is 0 Å². The predicted octanol–water partition coefficient (Wildman–Crippen LogP) is 4.50. The summed E-state index contributed by atoms with van der Waals surface area (Å²) in [5.41, 5.74) is 1.11. The number of benzene rings is 1. The van der Waals surface area contributed by atoms with Crippen molar-refractivity contribution >= 4 is 29.1 Å². The standard InChI is InChI=1S/C20H27Cl2NO4/c1-12-10-15(21)16(17(22)19(12)27-11-26-2)18(24)14-8-9-23(20(14)25)13-6-4-3-5-7-13/h10,13-14,18,24H,3-9,11H2,1-2H3. The first kappa shape index (κ1) is 20.7. The van der Waals surface area contributed by atoms with Gasteiger partial charge in [-0.3, -0.25) is 4.79 Å². The molecule has 7 heteroatoms. The molecule has 3 rings (SSSR count). The van der Waals surface area contributed by atoms with Gasteiger partial charge in [-0.1, -0.05) is 42.5 Å². The quantitative estimate of drug-likeness (QED) is 0.694. The monoisotopic (exact) mass is 415 g/mol. The number of aliphatic hydroxyl groups excluding tert-OH is 1. The Morgan fingerprint density at radius 1 is 1.26 bits per heavy atom. The molecule has 0 aromatic heterocycles. The highest BCUT2D eigenvalue weighted by Crippen LogP contribution is 2.44. The fraction of sp³-hybridized carbons (Fsp3) is 0.650. The number of amides is 1. The molecule has 0 radical (unpaired) electrons. The maximum Gasteiger partial charge on any atom is 0.228 e. The number of hydrogen-bond acceptors (Lipinski definition) is 4. The molecule has 1 N–H and O–H groups in total. The van der Waals surface area contributed by atoms with E-state index in [1.54, 1.807) is 6.07 Å². The molecule has 1 aliphatic carbocycles. The molecule has 1 heterocycles. The molecule has 150 valence electrons. The zero-order chi connectivity index (χ0) is 19.6. The molecular weight excluding hydrogens is 389 g/mol. The lowest BCUT2D eigenvalue weighted by atomic mass is 9.92. The van der Waals surface area contributed by atoms with Crippen molar-refractivity contribution in [3.05, 3.63) is 27.2 Å². The van der Waals surface area contributed by atoms with Gasteiger partial charge in [0.2, 0.25) is 5.91 Å². The van der Waals surface area contributed by atoms with Gasteiger partial charge >= 0.3 is 0 Å². The van der Waals surface area contributed by atoms with Gasteiger partial charge in [-0.25, -0.2) is 0 Å². The van der Waals surface area contributed by atoms with Crippen LogP contribution >= 0.6 is 23.2 Å². The maximum atomic E-state index is 13.0. The van der Waals surface area contributed by atoms with E-state index in [0.29, 0.717) is 35.3 Å². The van der Waals surface area contributed by atoms with Gasteiger partial charge in [0.05, 0.1) is 17.0 Å². The van der Waals surface area contributed by atoms with Gasteiger partial charge in [-0.05, 0) is 37.8 Å². The smallest absolute Gasteiger partial charge is 0.228 e. The number of hydrogen-bond donors (Lipinski definition) is 1. The molecule has 1 aliphatic heterocycles. The Labute approximate surface area is 170 Å². The Bertz CT molecular complexity index is 691. The van der Waals surface area contributed by atoms with Crippen molar-refractivity contribution in [3.8, 4) is 5.75 Å². The average molecular weight is 416 g/mol. The van der Waals surface area contributed by atoms with Crippen LogP contribution in [0.5, 0.6) is 5.75 Å². The SMILES string of the molecule is COCOc1c(C)cc(Cl)c(C(O)C2CCN(C3CCCCC3)C2=O)c1Cl. The van der Waals surface area contributed by atoms with Crippen molar-refractivity contribution in [2.45, 2.75) is 57.6 Å². The third-order valence-electron chi connectivity index (χ3n) is 5.69. The molecule has 1 saturated carbocycles. The molecule has 1 aromatic rings. The number of nitrogens with zero attached hydrogens (tertiary/aromatic N) is 1. The first-order chi connectivity index (χ1) is 13.0. The van der Waals surface area contributed by atoms with E-state index < -0.39 is 12.0 Å². The Morgan fingerprint density at radius 3 is 2.63 bits per heavy atom. The Hall–Kier alpha value is -1.01. The van der Waals surface area contributed by atoms with Crippen molar-refractivity contribution in [1.82, 2.24) is 4.90 Å². The molecule has 0 spiro atoms. The van der Waals surface area contributed by atoms with Crippen molar-refractivity contribution in [2.75, 3.05) is 20.4 Å². The van der Waals surface area contributed by atoms with Crippen LogP contribution in [0, 0.1) is 12.8 Å². The molecule has 2 fully saturated rings. The van der Waals surface area contributed by atoms with Gasteiger partial charge in [-0.15, -0.1) is 0 Å². The minimum absolute atomic E-state index is 0.00136. The third-order valence-corrected chi connectivity index (χ3v) is 6.38. The summed E-state index contributed by atoms with van der Waals surface area (Å²) >= 11 is 12.9. The number of carbonyl (C=O) groups excluding carboxylic acids is 1. The van der Waals surface area contributed by atoms with Gasteiger partial charge < -0.3 is 19.5 Å². The van der Waals surface area contributed by atoms with Gasteiger partial charge in [0.1, 0.15) is 5.75 Å². The minimum atomic E-state index is -1.06. The Morgan fingerprint density at radius 2 is 1.96 bits per heavy atom. The lowest BCUT2D eigenvalue weighted by Gasteiger charge is -2.31. The maximum absolute atomic E-state index is 13.0. The van der Waals surface area contributed by atoms with Crippen LogP contribution in [-0.4, -0.2) is 42.4 Å². The zero-order valence-corrected chi connectivity index (χ0v) is 17.4. The van der Waals surface area contributed by atoms with E-state index in [-0.39, 0.29) is 17.7 Å². The molecule has 1 aromatic carbocycles. The second-order valence-corrected chi connectivity index (χ2v) is 8.23. The van der Waals surface area contributed by atoms with E-state index in [0.717, 1.165) is 31.2 Å². The second-order valence-electron chi connectivity index (χ2n) is 7.45. The largest absolute Gasteiger partial charge is 0.466 e. The first-order valence-corrected chi connectivity index (χ1v) is 10.3. The highest BCUT2D eigenvalue weighted by Gasteiger charge is 2.41. The molecular formula is C20H27Cl2NO4. The van der Waals surface area contributed by atoms with Gasteiger partial charge in [0.15, 0.2) is 6.79 Å². The van der Waals surface area contributed by atoms with E-state index in [2.05, 4.69) is 0 Å². The highest BCUT2D eigenvalue weighted by molar-refractivity contribution is 6.37. The zero-order valence-electron chi connectivity index (χ0n) is 15.8. The van der Waals surface area contributed by atoms with Crippen LogP contribution in [-0.2, 0) is 9.53 Å². The Balaban J connectivity index is 1.83. The highest BCUT2D eigenvalue weighted by atomic mass is 35.5. The summed E-state index contributed by atoms with van der Waals surface area (Å²) in [6.07, 6.45) is 5.21. The number of carbonyl (C=O) groups is 1. The molecule has 0 bridgehead atoms. The van der Waals surface area contributed by atoms with E-state index in [4.69, 9.17) is 32.7 Å². The molecule has 5 nitrogen and oxygen atoms in total. The lowest BCUT2D eigenvalue weighted by molar-refractivity contribution is -0.136. The van der Waals surface area contributed by atoms with E-state index in [9.17, 15) is 9.90 Å². The van der Waals surface area contributed by atoms with E-state index >= 15 is 0 Å². The first-order valence-electron chi connectivity index (χ1n) is 9.54. The van der Waals surface area contributed by atoms with Gasteiger partial charge in [0, 0.05) is 30.3 Å². The second kappa shape index (κ2) is 8.99. The summed E-state index contributed by atoms with van der Waals surface area (Å²) in [4.78, 5) is 14.9. The predicted molar refractivity (Wildman–Crippen MR) is 105 cm³/mol. The van der Waals surface area contributed by atoms with Crippen molar-refractivity contribution in [1.29, 1.82) is 0 Å². The molecule has 2 atom stereocenters. The number of ether oxygens (including phenoxy) is 2.